The van der Waals surface area contributed by atoms with Gasteiger partial charge in [0.25, 0.3) is 0 Å². The zero-order valence-corrected chi connectivity index (χ0v) is 22.6. The van der Waals surface area contributed by atoms with Gasteiger partial charge in [-0.2, -0.15) is 0 Å². The molecule has 0 rings (SSSR count). The van der Waals surface area contributed by atoms with E-state index in [0.29, 0.717) is 25.7 Å². The first-order valence-electron chi connectivity index (χ1n) is 14.2. The van der Waals surface area contributed by atoms with Crippen LogP contribution in [0, 0.1) is 5.92 Å². The smallest absolute Gasteiger partial charge is 0.407 e. The summed E-state index contributed by atoms with van der Waals surface area (Å²) in [4.78, 5) is 11.9. The minimum Gasteiger partial charge on any atom is -0.449 e. The Morgan fingerprint density at radius 3 is 1.67 bits per heavy atom. The number of unbranched alkanes of at least 4 members (excludes halogenated alkanes) is 14. The predicted octanol–water partition coefficient (Wildman–Crippen LogP) is 8.05. The second-order valence-electron chi connectivity index (χ2n) is 9.89. The van der Waals surface area contributed by atoms with Gasteiger partial charge in [0.1, 0.15) is 0 Å². The summed E-state index contributed by atoms with van der Waals surface area (Å²) in [6, 6.07) is 0. The third-order valence-electron chi connectivity index (χ3n) is 5.82. The van der Waals surface area contributed by atoms with E-state index in [1.54, 1.807) is 0 Å². The van der Waals surface area contributed by atoms with E-state index in [9.17, 15) is 4.79 Å². The Morgan fingerprint density at radius 1 is 0.667 bits per heavy atom. The molecule has 1 N–H and O–H groups in total. The van der Waals surface area contributed by atoms with Crippen molar-refractivity contribution in [3.05, 3.63) is 0 Å². The van der Waals surface area contributed by atoms with Crippen LogP contribution in [-0.2, 0) is 14.2 Å². The standard InChI is InChI=1S/C28H57NO4/c1-5-7-9-11-13-14-16-18-20-22-32-27(23-29-28(30)33-24-26(3)4)25-31-21-19-17-15-12-10-8-6-2/h26-27H,5-25H2,1-4H3,(H,29,30). The minimum atomic E-state index is -0.368. The van der Waals surface area contributed by atoms with Crippen molar-refractivity contribution in [2.24, 2.45) is 5.92 Å². The van der Waals surface area contributed by atoms with Gasteiger partial charge in [-0.25, -0.2) is 4.79 Å². The van der Waals surface area contributed by atoms with Crippen LogP contribution < -0.4 is 5.32 Å². The van der Waals surface area contributed by atoms with Gasteiger partial charge in [-0.1, -0.05) is 118 Å². The summed E-state index contributed by atoms with van der Waals surface area (Å²) in [7, 11) is 0. The monoisotopic (exact) mass is 471 g/mol. The molecule has 198 valence electrons. The fourth-order valence-electron chi connectivity index (χ4n) is 3.70. The molecule has 33 heavy (non-hydrogen) atoms. The fraction of sp³-hybridized carbons (Fsp3) is 0.964. The molecule has 1 amide bonds. The molecule has 0 aromatic carbocycles. The van der Waals surface area contributed by atoms with Gasteiger partial charge in [-0.15, -0.1) is 0 Å². The number of carbonyl (C=O) groups is 1. The predicted molar refractivity (Wildman–Crippen MR) is 140 cm³/mol. The Bertz CT molecular complexity index is 403. The Labute approximate surface area is 206 Å². The molecule has 0 aliphatic rings. The molecule has 1 unspecified atom stereocenters. The van der Waals surface area contributed by atoms with Gasteiger partial charge < -0.3 is 19.5 Å². The SMILES string of the molecule is CCCCCCCCCCCOC(CNC(=O)OCC(C)C)COCCCCCCCCC. The van der Waals surface area contributed by atoms with Gasteiger partial charge in [0.05, 0.1) is 19.3 Å². The molecule has 0 aromatic rings. The summed E-state index contributed by atoms with van der Waals surface area (Å²) in [6.45, 7) is 11.5. The number of nitrogens with one attached hydrogen (secondary N) is 1. The quantitative estimate of drug-likeness (QED) is 0.137. The molecule has 0 saturated carbocycles. The van der Waals surface area contributed by atoms with Crippen LogP contribution in [0.25, 0.3) is 0 Å². The normalized spacial score (nSPS) is 12.3. The summed E-state index contributed by atoms with van der Waals surface area (Å²) in [6.07, 6.45) is 20.2. The fourth-order valence-corrected chi connectivity index (χ4v) is 3.70. The Morgan fingerprint density at radius 2 is 1.15 bits per heavy atom. The van der Waals surface area contributed by atoms with Crippen molar-refractivity contribution in [1.29, 1.82) is 0 Å². The van der Waals surface area contributed by atoms with Crippen molar-refractivity contribution in [2.75, 3.05) is 33.0 Å². The number of carbonyl (C=O) groups excluding carboxylic acids is 1. The summed E-state index contributed by atoms with van der Waals surface area (Å²) in [5, 5.41) is 2.84. The minimum absolute atomic E-state index is 0.116. The molecule has 0 aliphatic heterocycles. The molecule has 0 bridgehead atoms. The van der Waals surface area contributed by atoms with Crippen LogP contribution in [0.3, 0.4) is 0 Å². The van der Waals surface area contributed by atoms with Crippen LogP contribution in [0.15, 0.2) is 0 Å². The van der Waals surface area contributed by atoms with E-state index in [1.165, 1.54) is 89.9 Å². The highest BCUT2D eigenvalue weighted by atomic mass is 16.6. The maximum absolute atomic E-state index is 11.9. The third kappa shape index (κ3) is 25.6. The molecule has 0 aromatic heterocycles. The number of hydrogen-bond acceptors (Lipinski definition) is 4. The zero-order valence-electron chi connectivity index (χ0n) is 22.6. The lowest BCUT2D eigenvalue weighted by Gasteiger charge is -2.19. The average molecular weight is 472 g/mol. The van der Waals surface area contributed by atoms with Crippen LogP contribution in [0.4, 0.5) is 4.79 Å². The highest BCUT2D eigenvalue weighted by Gasteiger charge is 2.12. The van der Waals surface area contributed by atoms with Crippen LogP contribution in [0.1, 0.15) is 130 Å². The molecule has 5 heteroatoms. The first-order valence-corrected chi connectivity index (χ1v) is 14.2. The Balaban J connectivity index is 3.96. The molecule has 0 spiro atoms. The summed E-state index contributed by atoms with van der Waals surface area (Å²) >= 11 is 0. The summed E-state index contributed by atoms with van der Waals surface area (Å²) < 4.78 is 17.1. The lowest BCUT2D eigenvalue weighted by atomic mass is 10.1. The van der Waals surface area contributed by atoms with E-state index in [4.69, 9.17) is 14.2 Å². The number of ether oxygens (including phenoxy) is 3. The number of amides is 1. The zero-order chi connectivity index (χ0) is 24.4. The van der Waals surface area contributed by atoms with Crippen LogP contribution >= 0.6 is 0 Å². The van der Waals surface area contributed by atoms with Crippen molar-refractivity contribution in [2.45, 2.75) is 137 Å². The van der Waals surface area contributed by atoms with Crippen molar-refractivity contribution in [3.8, 4) is 0 Å². The van der Waals surface area contributed by atoms with Crippen molar-refractivity contribution in [1.82, 2.24) is 5.32 Å². The molecule has 0 aliphatic carbocycles. The molecule has 1 atom stereocenters. The van der Waals surface area contributed by atoms with Gasteiger partial charge in [0, 0.05) is 19.8 Å². The van der Waals surface area contributed by atoms with Gasteiger partial charge in [0.2, 0.25) is 0 Å². The largest absolute Gasteiger partial charge is 0.449 e. The van der Waals surface area contributed by atoms with Crippen LogP contribution in [0.5, 0.6) is 0 Å². The van der Waals surface area contributed by atoms with E-state index in [0.717, 1.165) is 26.1 Å². The first-order chi connectivity index (χ1) is 16.1. The number of alkyl carbamates (subject to hydrolysis) is 1. The Kier molecular flexibility index (Phi) is 25.2. The van der Waals surface area contributed by atoms with Gasteiger partial charge in [0.15, 0.2) is 0 Å². The number of rotatable bonds is 25. The average Bonchev–Trinajstić information content (AvgIpc) is 2.80. The van der Waals surface area contributed by atoms with E-state index >= 15 is 0 Å². The maximum Gasteiger partial charge on any atom is 0.407 e. The lowest BCUT2D eigenvalue weighted by Crippen LogP contribution is -2.37. The lowest BCUT2D eigenvalue weighted by molar-refractivity contribution is -0.0176. The van der Waals surface area contributed by atoms with Crippen molar-refractivity contribution >= 4 is 6.09 Å². The van der Waals surface area contributed by atoms with Gasteiger partial charge >= 0.3 is 6.09 Å². The highest BCUT2D eigenvalue weighted by molar-refractivity contribution is 5.67. The van der Waals surface area contributed by atoms with Crippen LogP contribution in [0.2, 0.25) is 0 Å². The molecular weight excluding hydrogens is 414 g/mol. The number of hydrogen-bond donors (Lipinski definition) is 1. The summed E-state index contributed by atoms with van der Waals surface area (Å²) in [5.74, 6) is 0.333. The van der Waals surface area contributed by atoms with E-state index < -0.39 is 0 Å². The second-order valence-corrected chi connectivity index (χ2v) is 9.89. The molecule has 0 radical (unpaired) electrons. The molecule has 5 nitrogen and oxygen atoms in total. The van der Waals surface area contributed by atoms with E-state index in [2.05, 4.69) is 19.2 Å². The summed E-state index contributed by atoms with van der Waals surface area (Å²) in [5.41, 5.74) is 0. The van der Waals surface area contributed by atoms with Crippen molar-refractivity contribution < 1.29 is 19.0 Å². The second kappa shape index (κ2) is 25.8. The molecule has 0 heterocycles. The topological polar surface area (TPSA) is 56.8 Å². The Hall–Kier alpha value is -0.810. The van der Waals surface area contributed by atoms with Gasteiger partial charge in [-0.3, -0.25) is 0 Å². The van der Waals surface area contributed by atoms with E-state index in [-0.39, 0.29) is 12.2 Å². The molecular formula is C28H57NO4. The highest BCUT2D eigenvalue weighted by Crippen LogP contribution is 2.10. The van der Waals surface area contributed by atoms with E-state index in [1.807, 2.05) is 13.8 Å². The maximum atomic E-state index is 11.9. The third-order valence-corrected chi connectivity index (χ3v) is 5.82. The van der Waals surface area contributed by atoms with Crippen molar-refractivity contribution in [3.63, 3.8) is 0 Å². The first kappa shape index (κ1) is 32.2. The van der Waals surface area contributed by atoms with Crippen LogP contribution in [-0.4, -0.2) is 45.2 Å². The van der Waals surface area contributed by atoms with Gasteiger partial charge in [-0.05, 0) is 18.8 Å². The molecule has 0 saturated heterocycles. The molecule has 0 fully saturated rings.